The molecule has 1 atom stereocenters. The van der Waals surface area contributed by atoms with Gasteiger partial charge in [-0.2, -0.15) is 0 Å². The number of pyridine rings is 1. The zero-order valence-corrected chi connectivity index (χ0v) is 7.32. The number of aliphatic hydroxyl groups excluding tert-OH is 1. The third kappa shape index (κ3) is 2.20. The molecule has 12 heavy (non-hydrogen) atoms. The fraction of sp³-hybridized carbons (Fsp3) is 0.444. The minimum Gasteiger partial charge on any atom is -0.495 e. The summed E-state index contributed by atoms with van der Waals surface area (Å²) in [5.41, 5.74) is 0.801. The van der Waals surface area contributed by atoms with E-state index in [1.807, 2.05) is 12.1 Å². The van der Waals surface area contributed by atoms with Crippen molar-refractivity contribution in [3.8, 4) is 5.75 Å². The highest BCUT2D eigenvalue weighted by molar-refractivity contribution is 5.26. The van der Waals surface area contributed by atoms with Gasteiger partial charge in [0.05, 0.1) is 18.9 Å². The highest BCUT2D eigenvalue weighted by Crippen LogP contribution is 2.15. The summed E-state index contributed by atoms with van der Waals surface area (Å²) in [5, 5.41) is 9.13. The maximum atomic E-state index is 9.13. The van der Waals surface area contributed by atoms with E-state index in [1.165, 1.54) is 0 Å². The van der Waals surface area contributed by atoms with Gasteiger partial charge in [-0.1, -0.05) is 0 Å². The molecule has 1 aromatic rings. The van der Waals surface area contributed by atoms with Crippen molar-refractivity contribution in [2.24, 2.45) is 0 Å². The van der Waals surface area contributed by atoms with Crippen LogP contribution in [0.4, 0.5) is 0 Å². The van der Waals surface area contributed by atoms with Gasteiger partial charge >= 0.3 is 0 Å². The molecule has 0 saturated carbocycles. The number of rotatable bonds is 3. The van der Waals surface area contributed by atoms with E-state index in [4.69, 9.17) is 9.84 Å². The van der Waals surface area contributed by atoms with Crippen molar-refractivity contribution in [1.29, 1.82) is 0 Å². The summed E-state index contributed by atoms with van der Waals surface area (Å²) >= 11 is 0. The van der Waals surface area contributed by atoms with Gasteiger partial charge in [-0.05, 0) is 19.1 Å². The minimum absolute atomic E-state index is 0.381. The lowest BCUT2D eigenvalue weighted by molar-refractivity contribution is 0.192. The van der Waals surface area contributed by atoms with Crippen LogP contribution in [-0.2, 0) is 6.42 Å². The Morgan fingerprint density at radius 3 is 3.00 bits per heavy atom. The first-order chi connectivity index (χ1) is 5.74. The molecule has 1 N–H and O–H groups in total. The van der Waals surface area contributed by atoms with Crippen LogP contribution in [0.3, 0.4) is 0 Å². The molecule has 0 aliphatic heterocycles. The lowest BCUT2D eigenvalue weighted by Crippen LogP contribution is -2.07. The Morgan fingerprint density at radius 2 is 2.42 bits per heavy atom. The fourth-order valence-corrected chi connectivity index (χ4v) is 1.04. The molecule has 3 nitrogen and oxygen atoms in total. The number of aliphatic hydroxyl groups is 1. The summed E-state index contributed by atoms with van der Waals surface area (Å²) in [6.45, 7) is 1.73. The van der Waals surface area contributed by atoms with Crippen LogP contribution >= 0.6 is 0 Å². The highest BCUT2D eigenvalue weighted by Gasteiger charge is 2.05. The first-order valence-corrected chi connectivity index (χ1v) is 3.90. The van der Waals surface area contributed by atoms with E-state index in [-0.39, 0.29) is 6.10 Å². The number of nitrogens with zero attached hydrogens (tertiary/aromatic N) is 1. The van der Waals surface area contributed by atoms with Crippen LogP contribution < -0.4 is 4.74 Å². The molecule has 0 aliphatic rings. The predicted molar refractivity (Wildman–Crippen MR) is 46.2 cm³/mol. The van der Waals surface area contributed by atoms with Crippen LogP contribution in [-0.4, -0.2) is 23.3 Å². The molecule has 1 aromatic heterocycles. The van der Waals surface area contributed by atoms with Crippen molar-refractivity contribution in [3.63, 3.8) is 0 Å². The second-order valence-electron chi connectivity index (χ2n) is 2.71. The molecular weight excluding hydrogens is 154 g/mol. The van der Waals surface area contributed by atoms with E-state index in [0.717, 1.165) is 11.4 Å². The van der Waals surface area contributed by atoms with Crippen LogP contribution in [0.5, 0.6) is 5.75 Å². The average molecular weight is 167 g/mol. The third-order valence-electron chi connectivity index (χ3n) is 1.56. The van der Waals surface area contributed by atoms with Crippen molar-refractivity contribution < 1.29 is 9.84 Å². The lowest BCUT2D eigenvalue weighted by Gasteiger charge is -2.07. The molecule has 0 aromatic carbocycles. The van der Waals surface area contributed by atoms with Crippen molar-refractivity contribution in [1.82, 2.24) is 4.98 Å². The molecule has 0 fully saturated rings. The smallest absolute Gasteiger partial charge is 0.140 e. The van der Waals surface area contributed by atoms with Gasteiger partial charge in [0.15, 0.2) is 0 Å². The van der Waals surface area contributed by atoms with Crippen LogP contribution in [0.15, 0.2) is 18.3 Å². The van der Waals surface area contributed by atoms with Crippen molar-refractivity contribution in [2.75, 3.05) is 7.11 Å². The molecule has 0 spiro atoms. The summed E-state index contributed by atoms with van der Waals surface area (Å²) in [5.74, 6) is 0.735. The highest BCUT2D eigenvalue weighted by atomic mass is 16.5. The Hall–Kier alpha value is -1.09. The van der Waals surface area contributed by atoms with Crippen LogP contribution in [0.1, 0.15) is 12.6 Å². The van der Waals surface area contributed by atoms with E-state index in [2.05, 4.69) is 4.98 Å². The maximum absolute atomic E-state index is 9.13. The van der Waals surface area contributed by atoms with Gasteiger partial charge in [0.1, 0.15) is 5.75 Å². The largest absolute Gasteiger partial charge is 0.495 e. The first kappa shape index (κ1) is 9.00. The van der Waals surface area contributed by atoms with Gasteiger partial charge in [0.2, 0.25) is 0 Å². The Balaban J connectivity index is 2.82. The fourth-order valence-electron chi connectivity index (χ4n) is 1.04. The molecule has 0 bridgehead atoms. The number of hydrogen-bond donors (Lipinski definition) is 1. The standard InChI is InChI=1S/C9H13NO2/c1-7(11)6-8-9(12-2)4-3-5-10-8/h3-5,7,11H,6H2,1-2H3/t7-/m0/s1. The normalized spacial score (nSPS) is 12.6. The molecule has 1 heterocycles. The Bertz CT molecular complexity index is 248. The van der Waals surface area contributed by atoms with Crippen LogP contribution in [0.25, 0.3) is 0 Å². The van der Waals surface area contributed by atoms with Gasteiger partial charge < -0.3 is 9.84 Å². The summed E-state index contributed by atoms with van der Waals surface area (Å²) in [7, 11) is 1.60. The van der Waals surface area contributed by atoms with Crippen molar-refractivity contribution in [3.05, 3.63) is 24.0 Å². The van der Waals surface area contributed by atoms with Crippen LogP contribution in [0, 0.1) is 0 Å². The molecule has 0 amide bonds. The van der Waals surface area contributed by atoms with E-state index in [1.54, 1.807) is 20.2 Å². The van der Waals surface area contributed by atoms with Gasteiger partial charge in [0, 0.05) is 12.6 Å². The summed E-state index contributed by atoms with van der Waals surface area (Å²) < 4.78 is 5.07. The Morgan fingerprint density at radius 1 is 1.67 bits per heavy atom. The van der Waals surface area contributed by atoms with E-state index in [0.29, 0.717) is 6.42 Å². The van der Waals surface area contributed by atoms with Crippen molar-refractivity contribution >= 4 is 0 Å². The summed E-state index contributed by atoms with van der Waals surface area (Å²) in [4.78, 5) is 4.10. The molecule has 0 saturated heterocycles. The van der Waals surface area contributed by atoms with Gasteiger partial charge in [-0.3, -0.25) is 4.98 Å². The predicted octanol–water partition coefficient (Wildman–Crippen LogP) is 1.01. The number of methoxy groups -OCH3 is 1. The number of aromatic nitrogens is 1. The van der Waals surface area contributed by atoms with Crippen molar-refractivity contribution in [2.45, 2.75) is 19.4 Å². The maximum Gasteiger partial charge on any atom is 0.140 e. The van der Waals surface area contributed by atoms with Gasteiger partial charge in [-0.25, -0.2) is 0 Å². The van der Waals surface area contributed by atoms with Gasteiger partial charge in [-0.15, -0.1) is 0 Å². The van der Waals surface area contributed by atoms with E-state index < -0.39 is 0 Å². The van der Waals surface area contributed by atoms with E-state index in [9.17, 15) is 0 Å². The molecule has 0 radical (unpaired) electrons. The second kappa shape index (κ2) is 4.07. The zero-order chi connectivity index (χ0) is 8.97. The second-order valence-corrected chi connectivity index (χ2v) is 2.71. The molecule has 0 unspecified atom stereocenters. The Kier molecular flexibility index (Phi) is 3.05. The molecular formula is C9H13NO2. The molecule has 66 valence electrons. The summed E-state index contributed by atoms with van der Waals surface area (Å²) in [6.07, 6.45) is 1.85. The summed E-state index contributed by atoms with van der Waals surface area (Å²) in [6, 6.07) is 3.65. The lowest BCUT2D eigenvalue weighted by atomic mass is 10.2. The van der Waals surface area contributed by atoms with Gasteiger partial charge in [0.25, 0.3) is 0 Å². The average Bonchev–Trinajstić information content (AvgIpc) is 2.04. The minimum atomic E-state index is -0.381. The molecule has 3 heteroatoms. The topological polar surface area (TPSA) is 42.4 Å². The SMILES string of the molecule is COc1cccnc1C[C@H](C)O. The van der Waals surface area contributed by atoms with Crippen LogP contribution in [0.2, 0.25) is 0 Å². The molecule has 0 aliphatic carbocycles. The monoisotopic (exact) mass is 167 g/mol. The first-order valence-electron chi connectivity index (χ1n) is 3.90. The Labute approximate surface area is 72.0 Å². The van der Waals surface area contributed by atoms with E-state index >= 15 is 0 Å². The number of hydrogen-bond acceptors (Lipinski definition) is 3. The molecule has 1 rings (SSSR count). The zero-order valence-electron chi connectivity index (χ0n) is 7.32. The number of ether oxygens (including phenoxy) is 1. The quantitative estimate of drug-likeness (QED) is 0.730. The third-order valence-corrected chi connectivity index (χ3v) is 1.56.